The number of rotatable bonds is 7. The molecule has 4 aromatic rings. The maximum atomic E-state index is 13.8. The second-order valence-electron chi connectivity index (χ2n) is 10.00. The van der Waals surface area contributed by atoms with Crippen LogP contribution in [0.1, 0.15) is 41.2 Å². The van der Waals surface area contributed by atoms with E-state index < -0.39 is 15.4 Å². The number of morpholine rings is 1. The van der Waals surface area contributed by atoms with Crippen LogP contribution in [0.4, 0.5) is 5.95 Å². The largest absolute Gasteiger partial charge is 0.378 e. The number of benzene rings is 3. The van der Waals surface area contributed by atoms with Crippen molar-refractivity contribution in [2.24, 2.45) is 4.99 Å². The zero-order chi connectivity index (χ0) is 29.0. The van der Waals surface area contributed by atoms with Gasteiger partial charge in [0.15, 0.2) is 16.8 Å². The topological polar surface area (TPSA) is 107 Å². The summed E-state index contributed by atoms with van der Waals surface area (Å²) in [4.78, 5) is 24.7. The lowest BCUT2D eigenvalue weighted by Gasteiger charge is -2.28. The van der Waals surface area contributed by atoms with Gasteiger partial charge < -0.3 is 9.64 Å². The van der Waals surface area contributed by atoms with Gasteiger partial charge in [0.05, 0.1) is 23.5 Å². The molecule has 0 bridgehead atoms. The molecule has 0 unspecified atom stereocenters. The summed E-state index contributed by atoms with van der Waals surface area (Å²) in [6, 6.07) is 24.5. The average molecular weight is 590 g/mol. The van der Waals surface area contributed by atoms with Crippen molar-refractivity contribution in [3.05, 3.63) is 107 Å². The van der Waals surface area contributed by atoms with E-state index in [2.05, 4.69) is 5.10 Å². The number of carbonyl (C=O) groups is 1. The van der Waals surface area contributed by atoms with Crippen molar-refractivity contribution >= 4 is 38.7 Å². The first-order chi connectivity index (χ1) is 19.7. The first-order valence-electron chi connectivity index (χ1n) is 13.2. The second-order valence-corrected chi connectivity index (χ2v) is 12.5. The molecule has 0 amide bonds. The van der Waals surface area contributed by atoms with Crippen LogP contribution < -0.4 is 0 Å². The molecular weight excluding hydrogens is 558 g/mol. The van der Waals surface area contributed by atoms with Crippen LogP contribution in [-0.2, 0) is 20.2 Å². The first-order valence-corrected chi connectivity index (χ1v) is 15.8. The van der Waals surface area contributed by atoms with E-state index in [1.807, 2.05) is 61.4 Å². The van der Waals surface area contributed by atoms with Gasteiger partial charge >= 0.3 is 0 Å². The molecule has 11 heteroatoms. The second kappa shape index (κ2) is 12.0. The molecular formula is C30H31N5O4S2. The van der Waals surface area contributed by atoms with Gasteiger partial charge in [-0.3, -0.25) is 4.79 Å². The van der Waals surface area contributed by atoms with E-state index in [-0.39, 0.29) is 22.5 Å². The molecule has 1 aliphatic heterocycles. The van der Waals surface area contributed by atoms with Crippen LogP contribution in [0, 0.1) is 0 Å². The van der Waals surface area contributed by atoms with Crippen LogP contribution in [0.2, 0.25) is 0 Å². The van der Waals surface area contributed by atoms with Crippen molar-refractivity contribution < 1.29 is 17.9 Å². The molecule has 3 aromatic carbocycles. The highest BCUT2D eigenvalue weighted by Gasteiger charge is 2.33. The molecule has 0 N–H and O–H groups in total. The highest BCUT2D eigenvalue weighted by molar-refractivity contribution is 8.13. The zero-order valence-corrected chi connectivity index (χ0v) is 24.7. The fourth-order valence-electron chi connectivity index (χ4n) is 4.50. The van der Waals surface area contributed by atoms with Crippen LogP contribution in [0.15, 0.2) is 94.8 Å². The number of aliphatic imine (C=N–C) groups is 1. The third-order valence-corrected chi connectivity index (χ3v) is 9.22. The van der Waals surface area contributed by atoms with Gasteiger partial charge in [-0.2, -0.15) is 18.4 Å². The van der Waals surface area contributed by atoms with E-state index in [0.717, 1.165) is 9.65 Å². The monoisotopic (exact) mass is 589 g/mol. The quantitative estimate of drug-likeness (QED) is 0.173. The number of ketones is 1. The smallest absolute Gasteiger partial charge is 0.286 e. The molecule has 0 radical (unpaired) electrons. The van der Waals surface area contributed by atoms with E-state index in [0.29, 0.717) is 42.6 Å². The number of carbonyl (C=O) groups excluding carboxylic acids is 1. The highest BCUT2D eigenvalue weighted by atomic mass is 32.2. The van der Waals surface area contributed by atoms with Gasteiger partial charge in [-0.25, -0.2) is 0 Å². The lowest BCUT2D eigenvalue weighted by molar-refractivity contribution is 0.0693. The van der Waals surface area contributed by atoms with Crippen molar-refractivity contribution in [1.82, 2.24) is 19.1 Å². The minimum atomic E-state index is -4.10. The van der Waals surface area contributed by atoms with Gasteiger partial charge in [0.1, 0.15) is 0 Å². The van der Waals surface area contributed by atoms with Gasteiger partial charge in [0, 0.05) is 24.2 Å². The third kappa shape index (κ3) is 5.97. The van der Waals surface area contributed by atoms with E-state index >= 15 is 0 Å². The van der Waals surface area contributed by atoms with Crippen molar-refractivity contribution in [3.8, 4) is 0 Å². The average Bonchev–Trinajstić information content (AvgIpc) is 3.46. The van der Waals surface area contributed by atoms with Crippen LogP contribution in [-0.4, -0.2) is 71.0 Å². The molecule has 1 fully saturated rings. The summed E-state index contributed by atoms with van der Waals surface area (Å²) in [7, 11) is -4.10. The van der Waals surface area contributed by atoms with E-state index in [9.17, 15) is 13.2 Å². The van der Waals surface area contributed by atoms with Gasteiger partial charge in [0.25, 0.3) is 16.0 Å². The molecule has 0 aliphatic carbocycles. The third-order valence-electron chi connectivity index (χ3n) is 6.93. The lowest BCUT2D eigenvalue weighted by atomic mass is 9.82. The molecule has 5 rings (SSSR count). The maximum Gasteiger partial charge on any atom is 0.286 e. The predicted molar refractivity (Wildman–Crippen MR) is 160 cm³/mol. The summed E-state index contributed by atoms with van der Waals surface area (Å²) in [6.07, 6.45) is 1.89. The van der Waals surface area contributed by atoms with Crippen molar-refractivity contribution in [2.45, 2.75) is 24.2 Å². The summed E-state index contributed by atoms with van der Waals surface area (Å²) in [5, 5.41) is 5.17. The molecule has 41 heavy (non-hydrogen) atoms. The normalized spacial score (nSPS) is 14.7. The Labute approximate surface area is 244 Å². The summed E-state index contributed by atoms with van der Waals surface area (Å²) < 4.78 is 34.0. The SMILES string of the molecule is CS/C(=N\c1nc(C(C)(C)c2cccc(C(=O)c3ccccc3)c2)nn1S(=O)(=O)c1ccccc1)N1CCOCC1. The lowest BCUT2D eigenvalue weighted by Crippen LogP contribution is -2.39. The van der Waals surface area contributed by atoms with Gasteiger partial charge in [-0.05, 0) is 43.9 Å². The Morgan fingerprint density at radius 2 is 1.56 bits per heavy atom. The molecule has 1 saturated heterocycles. The fourth-order valence-corrected chi connectivity index (χ4v) is 6.29. The number of thioether (sulfide) groups is 1. The number of hydrogen-bond acceptors (Lipinski definition) is 8. The van der Waals surface area contributed by atoms with Crippen LogP contribution in [0.5, 0.6) is 0 Å². The van der Waals surface area contributed by atoms with E-state index in [4.69, 9.17) is 14.7 Å². The zero-order valence-electron chi connectivity index (χ0n) is 23.1. The fraction of sp³-hybridized carbons (Fsp3) is 0.267. The first kappa shape index (κ1) is 28.7. The van der Waals surface area contributed by atoms with Crippen molar-refractivity contribution in [1.29, 1.82) is 0 Å². The number of ether oxygens (including phenoxy) is 1. The van der Waals surface area contributed by atoms with Gasteiger partial charge in [0.2, 0.25) is 0 Å². The summed E-state index contributed by atoms with van der Waals surface area (Å²) in [6.45, 7) is 6.20. The molecule has 212 valence electrons. The van der Waals surface area contributed by atoms with Crippen molar-refractivity contribution in [3.63, 3.8) is 0 Å². The Bertz CT molecular complexity index is 1660. The predicted octanol–water partition coefficient (Wildman–Crippen LogP) is 4.75. The Morgan fingerprint density at radius 1 is 0.927 bits per heavy atom. The molecule has 2 heterocycles. The van der Waals surface area contributed by atoms with Crippen LogP contribution in [0.3, 0.4) is 0 Å². The molecule has 1 aliphatic rings. The Kier molecular flexibility index (Phi) is 8.39. The molecule has 9 nitrogen and oxygen atoms in total. The maximum absolute atomic E-state index is 13.8. The summed E-state index contributed by atoms with van der Waals surface area (Å²) in [5.74, 6) is 0.126. The molecule has 0 atom stereocenters. The molecule has 0 saturated carbocycles. The minimum absolute atomic E-state index is 0.0377. The number of hydrogen-bond donors (Lipinski definition) is 0. The number of amidine groups is 1. The standard InChI is InChI=1S/C30H31N5O4S2/c1-30(2,24-14-10-13-23(21-24)26(36)22-11-6-4-7-12-22)27-31-28(32-29(40-3)34-17-19-39-20-18-34)35(33-27)41(37,38)25-15-8-5-9-16-25/h4-16,21H,17-20H2,1-3H3/b32-29-. The van der Waals surface area contributed by atoms with Gasteiger partial charge in [-0.15, -0.1) is 9.19 Å². The number of aromatic nitrogens is 3. The summed E-state index contributed by atoms with van der Waals surface area (Å²) in [5.41, 5.74) is 1.02. The van der Waals surface area contributed by atoms with E-state index in [1.165, 1.54) is 23.9 Å². The molecule has 1 aromatic heterocycles. The Morgan fingerprint density at radius 3 is 2.22 bits per heavy atom. The van der Waals surface area contributed by atoms with Crippen molar-refractivity contribution in [2.75, 3.05) is 32.6 Å². The molecule has 0 spiro atoms. The van der Waals surface area contributed by atoms with Crippen LogP contribution in [0.25, 0.3) is 0 Å². The summed E-state index contributed by atoms with van der Waals surface area (Å²) >= 11 is 1.41. The number of nitrogens with zero attached hydrogens (tertiary/aromatic N) is 5. The van der Waals surface area contributed by atoms with E-state index in [1.54, 1.807) is 36.4 Å². The Balaban J connectivity index is 1.60. The minimum Gasteiger partial charge on any atom is -0.378 e. The van der Waals surface area contributed by atoms with Gasteiger partial charge in [-0.1, -0.05) is 78.5 Å². The Hall–Kier alpha value is -3.80. The van der Waals surface area contributed by atoms with Crippen LogP contribution >= 0.6 is 11.8 Å². The highest BCUT2D eigenvalue weighted by Crippen LogP contribution is 2.33.